The Hall–Kier alpha value is -1.82. The SMILES string of the molecule is N#Cc1ccc(NC(=O)CC2CCC2)cc1. The van der Waals surface area contributed by atoms with E-state index in [4.69, 9.17) is 5.26 Å². The molecule has 16 heavy (non-hydrogen) atoms. The summed E-state index contributed by atoms with van der Waals surface area (Å²) in [7, 11) is 0. The number of nitrogens with zero attached hydrogens (tertiary/aromatic N) is 1. The second kappa shape index (κ2) is 4.80. The summed E-state index contributed by atoms with van der Waals surface area (Å²) >= 11 is 0. The minimum atomic E-state index is 0.0782. The molecule has 3 heteroatoms. The van der Waals surface area contributed by atoms with Crippen LogP contribution in [0, 0.1) is 17.2 Å². The van der Waals surface area contributed by atoms with Crippen LogP contribution in [0.1, 0.15) is 31.2 Å². The number of hydrogen-bond donors (Lipinski definition) is 1. The molecule has 1 aromatic carbocycles. The van der Waals surface area contributed by atoms with Gasteiger partial charge < -0.3 is 5.32 Å². The second-order valence-corrected chi connectivity index (χ2v) is 4.24. The topological polar surface area (TPSA) is 52.9 Å². The molecule has 1 aliphatic carbocycles. The molecule has 3 nitrogen and oxygen atoms in total. The molecular formula is C13H14N2O. The number of hydrogen-bond acceptors (Lipinski definition) is 2. The van der Waals surface area contributed by atoms with Gasteiger partial charge in [0, 0.05) is 12.1 Å². The van der Waals surface area contributed by atoms with E-state index in [-0.39, 0.29) is 5.91 Å². The van der Waals surface area contributed by atoms with Gasteiger partial charge in [0.2, 0.25) is 5.91 Å². The van der Waals surface area contributed by atoms with Crippen molar-refractivity contribution in [3.05, 3.63) is 29.8 Å². The van der Waals surface area contributed by atoms with Crippen molar-refractivity contribution in [2.75, 3.05) is 5.32 Å². The molecule has 1 N–H and O–H groups in total. The first kappa shape index (κ1) is 10.7. The highest BCUT2D eigenvalue weighted by molar-refractivity contribution is 5.90. The summed E-state index contributed by atoms with van der Waals surface area (Å²) in [5.74, 6) is 0.660. The first-order valence-electron chi connectivity index (χ1n) is 5.58. The molecule has 1 fully saturated rings. The molecule has 0 atom stereocenters. The smallest absolute Gasteiger partial charge is 0.224 e. The van der Waals surface area contributed by atoms with Crippen LogP contribution in [-0.4, -0.2) is 5.91 Å². The molecule has 1 aromatic rings. The third-order valence-corrected chi connectivity index (χ3v) is 3.00. The van der Waals surface area contributed by atoms with E-state index >= 15 is 0 Å². The maximum atomic E-state index is 11.6. The van der Waals surface area contributed by atoms with Crippen LogP contribution in [0.25, 0.3) is 0 Å². The zero-order chi connectivity index (χ0) is 11.4. The van der Waals surface area contributed by atoms with Crippen molar-refractivity contribution in [3.8, 4) is 6.07 Å². The van der Waals surface area contributed by atoms with Crippen LogP contribution < -0.4 is 5.32 Å². The van der Waals surface area contributed by atoms with Gasteiger partial charge in [0.15, 0.2) is 0 Å². The van der Waals surface area contributed by atoms with Crippen LogP contribution in [0.4, 0.5) is 5.69 Å². The molecule has 0 bridgehead atoms. The van der Waals surface area contributed by atoms with E-state index in [1.807, 2.05) is 6.07 Å². The number of rotatable bonds is 3. The highest BCUT2D eigenvalue weighted by Gasteiger charge is 2.20. The summed E-state index contributed by atoms with van der Waals surface area (Å²) in [6.45, 7) is 0. The first-order chi connectivity index (χ1) is 7.78. The van der Waals surface area contributed by atoms with Crippen molar-refractivity contribution in [1.29, 1.82) is 5.26 Å². The number of nitriles is 1. The van der Waals surface area contributed by atoms with Crippen molar-refractivity contribution in [1.82, 2.24) is 0 Å². The summed E-state index contributed by atoms with van der Waals surface area (Å²) < 4.78 is 0. The molecule has 82 valence electrons. The molecule has 0 spiro atoms. The quantitative estimate of drug-likeness (QED) is 0.841. The molecule has 1 amide bonds. The molecule has 0 aliphatic heterocycles. The Morgan fingerprint density at radius 2 is 2.06 bits per heavy atom. The lowest BCUT2D eigenvalue weighted by atomic mass is 9.83. The Bertz CT molecular complexity index is 413. The molecule has 0 saturated heterocycles. The van der Waals surface area contributed by atoms with Crippen molar-refractivity contribution in [3.63, 3.8) is 0 Å². The van der Waals surface area contributed by atoms with Crippen LogP contribution in [0.2, 0.25) is 0 Å². The van der Waals surface area contributed by atoms with Gasteiger partial charge in [-0.3, -0.25) is 4.79 Å². The highest BCUT2D eigenvalue weighted by atomic mass is 16.1. The summed E-state index contributed by atoms with van der Waals surface area (Å²) in [6, 6.07) is 8.98. The minimum Gasteiger partial charge on any atom is -0.326 e. The Balaban J connectivity index is 1.87. The van der Waals surface area contributed by atoms with Gasteiger partial charge in [0.25, 0.3) is 0 Å². The lowest BCUT2D eigenvalue weighted by Crippen LogP contribution is -2.20. The summed E-state index contributed by atoms with van der Waals surface area (Å²) in [5.41, 5.74) is 1.38. The largest absolute Gasteiger partial charge is 0.326 e. The number of anilines is 1. The van der Waals surface area contributed by atoms with Crippen molar-refractivity contribution in [2.24, 2.45) is 5.92 Å². The van der Waals surface area contributed by atoms with Crippen LogP contribution >= 0.6 is 0 Å². The fourth-order valence-corrected chi connectivity index (χ4v) is 1.80. The molecule has 0 radical (unpaired) electrons. The predicted octanol–water partition coefficient (Wildman–Crippen LogP) is 2.69. The van der Waals surface area contributed by atoms with Crippen LogP contribution in [0.3, 0.4) is 0 Å². The number of amides is 1. The molecular weight excluding hydrogens is 200 g/mol. The first-order valence-corrected chi connectivity index (χ1v) is 5.58. The molecule has 0 unspecified atom stereocenters. The Kier molecular flexibility index (Phi) is 3.21. The van der Waals surface area contributed by atoms with E-state index in [1.54, 1.807) is 24.3 Å². The lowest BCUT2D eigenvalue weighted by Gasteiger charge is -2.24. The Labute approximate surface area is 95.1 Å². The summed E-state index contributed by atoms with van der Waals surface area (Å²) in [4.78, 5) is 11.6. The van der Waals surface area contributed by atoms with Gasteiger partial charge in [-0.15, -0.1) is 0 Å². The van der Waals surface area contributed by atoms with Gasteiger partial charge in [-0.1, -0.05) is 6.42 Å². The normalized spacial score (nSPS) is 14.9. The van der Waals surface area contributed by atoms with Gasteiger partial charge in [-0.05, 0) is 43.0 Å². The number of carbonyl (C=O) groups excluding carboxylic acids is 1. The summed E-state index contributed by atoms with van der Waals surface area (Å²) in [5, 5.41) is 11.5. The van der Waals surface area contributed by atoms with E-state index in [0.29, 0.717) is 17.9 Å². The van der Waals surface area contributed by atoms with E-state index in [0.717, 1.165) is 5.69 Å². The van der Waals surface area contributed by atoms with E-state index in [9.17, 15) is 4.79 Å². The molecule has 1 aliphatic rings. The third-order valence-electron chi connectivity index (χ3n) is 3.00. The number of nitrogens with one attached hydrogen (secondary N) is 1. The van der Waals surface area contributed by atoms with Gasteiger partial charge in [0.1, 0.15) is 0 Å². The second-order valence-electron chi connectivity index (χ2n) is 4.24. The standard InChI is InChI=1S/C13H14N2O/c14-9-11-4-6-12(7-5-11)15-13(16)8-10-2-1-3-10/h4-7,10H,1-3,8H2,(H,15,16). The van der Waals surface area contributed by atoms with E-state index in [1.165, 1.54) is 19.3 Å². The van der Waals surface area contributed by atoms with Crippen molar-refractivity contribution < 1.29 is 4.79 Å². The fraction of sp³-hybridized carbons (Fsp3) is 0.385. The molecule has 2 rings (SSSR count). The van der Waals surface area contributed by atoms with Crippen LogP contribution in [-0.2, 0) is 4.79 Å². The zero-order valence-corrected chi connectivity index (χ0v) is 9.07. The molecule has 1 saturated carbocycles. The number of carbonyl (C=O) groups is 1. The molecule has 0 heterocycles. The van der Waals surface area contributed by atoms with Gasteiger partial charge in [-0.25, -0.2) is 0 Å². The van der Waals surface area contributed by atoms with Gasteiger partial charge >= 0.3 is 0 Å². The predicted molar refractivity (Wildman–Crippen MR) is 61.7 cm³/mol. The van der Waals surface area contributed by atoms with Gasteiger partial charge in [0.05, 0.1) is 11.6 Å². The fourth-order valence-electron chi connectivity index (χ4n) is 1.80. The van der Waals surface area contributed by atoms with Crippen LogP contribution in [0.15, 0.2) is 24.3 Å². The van der Waals surface area contributed by atoms with Crippen LogP contribution in [0.5, 0.6) is 0 Å². The summed E-state index contributed by atoms with van der Waals surface area (Å²) in [6.07, 6.45) is 4.25. The Morgan fingerprint density at radius 3 is 2.56 bits per heavy atom. The molecule has 0 aromatic heterocycles. The van der Waals surface area contributed by atoms with Crippen molar-refractivity contribution in [2.45, 2.75) is 25.7 Å². The van der Waals surface area contributed by atoms with E-state index < -0.39 is 0 Å². The average Bonchev–Trinajstić information content (AvgIpc) is 2.25. The van der Waals surface area contributed by atoms with Gasteiger partial charge in [-0.2, -0.15) is 5.26 Å². The zero-order valence-electron chi connectivity index (χ0n) is 9.07. The highest BCUT2D eigenvalue weighted by Crippen LogP contribution is 2.29. The monoisotopic (exact) mass is 214 g/mol. The number of benzene rings is 1. The lowest BCUT2D eigenvalue weighted by molar-refractivity contribution is -0.117. The third kappa shape index (κ3) is 2.60. The maximum Gasteiger partial charge on any atom is 0.224 e. The average molecular weight is 214 g/mol. The Morgan fingerprint density at radius 1 is 1.38 bits per heavy atom. The minimum absolute atomic E-state index is 0.0782. The van der Waals surface area contributed by atoms with E-state index in [2.05, 4.69) is 5.32 Å². The van der Waals surface area contributed by atoms with Crippen molar-refractivity contribution >= 4 is 11.6 Å². The maximum absolute atomic E-state index is 11.6.